The van der Waals surface area contributed by atoms with E-state index in [-0.39, 0.29) is 19.4 Å². The Morgan fingerprint density at radius 3 is 1.76 bits per heavy atom. The van der Waals surface area contributed by atoms with Crippen molar-refractivity contribution >= 4 is 19.8 Å². The van der Waals surface area contributed by atoms with Gasteiger partial charge in [-0.2, -0.15) is 0 Å². The monoisotopic (exact) mass is 789 g/mol. The lowest BCUT2D eigenvalue weighted by atomic mass is 10.0. The minimum absolute atomic E-state index is 0.0821. The van der Waals surface area contributed by atoms with Gasteiger partial charge in [0, 0.05) is 12.8 Å². The van der Waals surface area contributed by atoms with Crippen molar-refractivity contribution in [2.75, 3.05) is 26.4 Å². The van der Waals surface area contributed by atoms with E-state index >= 15 is 0 Å². The molecule has 0 heterocycles. The van der Waals surface area contributed by atoms with E-state index < -0.39 is 57.9 Å². The van der Waals surface area contributed by atoms with Crippen LogP contribution in [-0.4, -0.2) is 76.9 Å². The average molecular weight is 789 g/mol. The number of rotatable bonds is 39. The fourth-order valence-electron chi connectivity index (χ4n) is 5.59. The van der Waals surface area contributed by atoms with Gasteiger partial charge in [0.05, 0.1) is 25.9 Å². The van der Waals surface area contributed by atoms with Gasteiger partial charge in [0.25, 0.3) is 0 Å². The lowest BCUT2D eigenvalue weighted by Gasteiger charge is -2.20. The number of phosphoric acid groups is 1. The SMILES string of the molecule is CCCCCCCCCCCCCCCC(=O)OCC(COP(=O)(O)OCC(O)CO)OC(=O)CCC/C=C\C/C=C\C=C/C(O)CCCCCCCC. The maximum Gasteiger partial charge on any atom is 0.472 e. The Bertz CT molecular complexity index is 1020. The number of unbranched alkanes of at least 4 members (excludes halogenated alkanes) is 18. The van der Waals surface area contributed by atoms with E-state index in [4.69, 9.17) is 19.1 Å². The summed E-state index contributed by atoms with van der Waals surface area (Å²) in [5.74, 6) is -1.02. The maximum atomic E-state index is 12.6. The Labute approximate surface area is 327 Å². The molecule has 0 aromatic carbocycles. The molecule has 0 spiro atoms. The fourth-order valence-corrected chi connectivity index (χ4v) is 6.38. The molecule has 54 heavy (non-hydrogen) atoms. The number of carbonyl (C=O) groups is 2. The first-order valence-electron chi connectivity index (χ1n) is 21.1. The summed E-state index contributed by atoms with van der Waals surface area (Å²) in [4.78, 5) is 34.9. The minimum Gasteiger partial charge on any atom is -0.462 e. The smallest absolute Gasteiger partial charge is 0.462 e. The Balaban J connectivity index is 4.47. The molecule has 0 radical (unpaired) electrons. The normalized spacial score (nSPS) is 14.9. The van der Waals surface area contributed by atoms with E-state index in [0.29, 0.717) is 25.7 Å². The quantitative estimate of drug-likeness (QED) is 0.0154. The Morgan fingerprint density at radius 1 is 0.630 bits per heavy atom. The van der Waals surface area contributed by atoms with Gasteiger partial charge in [0.2, 0.25) is 0 Å². The topological polar surface area (TPSA) is 169 Å². The maximum absolute atomic E-state index is 12.6. The summed E-state index contributed by atoms with van der Waals surface area (Å²) in [5, 5.41) is 28.4. The third-order valence-electron chi connectivity index (χ3n) is 8.90. The molecular formula is C42H77O11P. The minimum atomic E-state index is -4.64. The molecule has 0 bridgehead atoms. The summed E-state index contributed by atoms with van der Waals surface area (Å²) in [7, 11) is -4.64. The van der Waals surface area contributed by atoms with Crippen LogP contribution in [0, 0.1) is 0 Å². The predicted molar refractivity (Wildman–Crippen MR) is 216 cm³/mol. The van der Waals surface area contributed by atoms with Crippen LogP contribution in [0.1, 0.15) is 174 Å². The third kappa shape index (κ3) is 37.1. The Morgan fingerprint density at radius 2 is 1.17 bits per heavy atom. The first kappa shape index (κ1) is 52.2. The van der Waals surface area contributed by atoms with Crippen molar-refractivity contribution in [2.24, 2.45) is 0 Å². The van der Waals surface area contributed by atoms with Crippen LogP contribution in [-0.2, 0) is 32.7 Å². The molecule has 0 aromatic heterocycles. The summed E-state index contributed by atoms with van der Waals surface area (Å²) in [6.07, 6.45) is 34.3. The van der Waals surface area contributed by atoms with Gasteiger partial charge >= 0.3 is 19.8 Å². The summed E-state index contributed by atoms with van der Waals surface area (Å²) >= 11 is 0. The first-order chi connectivity index (χ1) is 26.1. The van der Waals surface area contributed by atoms with Crippen LogP contribution in [0.2, 0.25) is 0 Å². The van der Waals surface area contributed by atoms with Crippen molar-refractivity contribution in [3.05, 3.63) is 36.5 Å². The molecule has 0 saturated heterocycles. The molecule has 4 unspecified atom stereocenters. The zero-order valence-electron chi connectivity index (χ0n) is 33.8. The van der Waals surface area contributed by atoms with E-state index in [0.717, 1.165) is 38.5 Å². The molecule has 0 fully saturated rings. The van der Waals surface area contributed by atoms with Crippen LogP contribution in [0.4, 0.5) is 0 Å². The van der Waals surface area contributed by atoms with Crippen molar-refractivity contribution in [3.63, 3.8) is 0 Å². The lowest BCUT2D eigenvalue weighted by molar-refractivity contribution is -0.161. The molecule has 0 aliphatic heterocycles. The van der Waals surface area contributed by atoms with Crippen LogP contribution >= 0.6 is 7.82 Å². The van der Waals surface area contributed by atoms with Gasteiger partial charge in [-0.3, -0.25) is 18.6 Å². The van der Waals surface area contributed by atoms with Gasteiger partial charge in [-0.15, -0.1) is 0 Å². The zero-order valence-corrected chi connectivity index (χ0v) is 34.7. The van der Waals surface area contributed by atoms with Gasteiger partial charge in [-0.1, -0.05) is 166 Å². The number of carbonyl (C=O) groups excluding carboxylic acids is 2. The Kier molecular flexibility index (Phi) is 36.7. The van der Waals surface area contributed by atoms with Crippen LogP contribution in [0.15, 0.2) is 36.5 Å². The second-order valence-corrected chi connectivity index (χ2v) is 15.7. The average Bonchev–Trinajstić information content (AvgIpc) is 3.15. The molecule has 12 heteroatoms. The second-order valence-electron chi connectivity index (χ2n) is 14.2. The number of phosphoric ester groups is 1. The van der Waals surface area contributed by atoms with E-state index in [2.05, 4.69) is 18.4 Å². The van der Waals surface area contributed by atoms with Crippen molar-refractivity contribution in [2.45, 2.75) is 193 Å². The standard InChI is InChI=1S/C42H77O11P/c1-3-5-7-9-11-12-13-14-15-16-20-24-28-32-41(46)50-36-40(37-52-54(48,49)51-35-39(45)34-43)53-42(47)33-29-25-21-18-17-19-23-27-31-38(44)30-26-22-10-8-6-4-2/h18-19,21,23,27,31,38-40,43-45H,3-17,20,22,24-26,28-30,32-37H2,1-2H3,(H,48,49)/b21-18-,23-19-,31-27-. The number of aliphatic hydroxyl groups is 3. The highest BCUT2D eigenvalue weighted by atomic mass is 31.2. The van der Waals surface area contributed by atoms with E-state index in [1.165, 1.54) is 83.5 Å². The van der Waals surface area contributed by atoms with Gasteiger partial charge in [-0.05, 0) is 32.1 Å². The number of allylic oxidation sites excluding steroid dienone is 5. The van der Waals surface area contributed by atoms with E-state index in [1.807, 2.05) is 36.5 Å². The third-order valence-corrected chi connectivity index (χ3v) is 9.85. The highest BCUT2D eigenvalue weighted by Crippen LogP contribution is 2.43. The summed E-state index contributed by atoms with van der Waals surface area (Å²) in [5.41, 5.74) is 0. The number of ether oxygens (including phenoxy) is 2. The predicted octanol–water partition coefficient (Wildman–Crippen LogP) is 9.75. The molecule has 4 atom stereocenters. The molecule has 316 valence electrons. The van der Waals surface area contributed by atoms with Crippen molar-refractivity contribution in [1.29, 1.82) is 0 Å². The molecule has 0 aliphatic rings. The second kappa shape index (κ2) is 38.0. The lowest BCUT2D eigenvalue weighted by Crippen LogP contribution is -2.29. The largest absolute Gasteiger partial charge is 0.472 e. The molecule has 4 N–H and O–H groups in total. The van der Waals surface area contributed by atoms with E-state index in [1.54, 1.807) is 0 Å². The van der Waals surface area contributed by atoms with Crippen molar-refractivity contribution in [3.8, 4) is 0 Å². The highest BCUT2D eigenvalue weighted by Gasteiger charge is 2.27. The number of hydrogen-bond donors (Lipinski definition) is 4. The van der Waals surface area contributed by atoms with E-state index in [9.17, 15) is 29.3 Å². The number of aliphatic hydroxyl groups excluding tert-OH is 3. The van der Waals surface area contributed by atoms with Crippen LogP contribution in [0.25, 0.3) is 0 Å². The molecule has 0 aromatic rings. The van der Waals surface area contributed by atoms with Gasteiger partial charge in [-0.25, -0.2) is 4.57 Å². The summed E-state index contributed by atoms with van der Waals surface area (Å²) in [6, 6.07) is 0. The molecule has 0 saturated carbocycles. The molecule has 0 amide bonds. The summed E-state index contributed by atoms with van der Waals surface area (Å²) in [6.45, 7) is 2.22. The summed E-state index contributed by atoms with van der Waals surface area (Å²) < 4.78 is 32.6. The van der Waals surface area contributed by atoms with Crippen molar-refractivity contribution in [1.82, 2.24) is 0 Å². The van der Waals surface area contributed by atoms with Crippen LogP contribution < -0.4 is 0 Å². The number of hydrogen-bond acceptors (Lipinski definition) is 10. The highest BCUT2D eigenvalue weighted by molar-refractivity contribution is 7.47. The first-order valence-corrected chi connectivity index (χ1v) is 22.5. The van der Waals surface area contributed by atoms with Gasteiger partial charge < -0.3 is 29.7 Å². The van der Waals surface area contributed by atoms with Gasteiger partial charge in [0.15, 0.2) is 6.10 Å². The molecular weight excluding hydrogens is 711 g/mol. The van der Waals surface area contributed by atoms with Crippen molar-refractivity contribution < 1.29 is 52.9 Å². The van der Waals surface area contributed by atoms with Gasteiger partial charge in [0.1, 0.15) is 12.7 Å². The fraction of sp³-hybridized carbons (Fsp3) is 0.810. The Hall–Kier alpha value is -1.85. The zero-order chi connectivity index (χ0) is 40.0. The molecule has 11 nitrogen and oxygen atoms in total. The molecule has 0 rings (SSSR count). The van der Waals surface area contributed by atoms with Crippen LogP contribution in [0.5, 0.6) is 0 Å². The van der Waals surface area contributed by atoms with Crippen LogP contribution in [0.3, 0.4) is 0 Å². The molecule has 0 aliphatic carbocycles. The number of esters is 2.